The summed E-state index contributed by atoms with van der Waals surface area (Å²) in [5, 5.41) is 2.98. The first-order chi connectivity index (χ1) is 21.0. The summed E-state index contributed by atoms with van der Waals surface area (Å²) in [6.45, 7) is -2.84. The molecule has 6 rings (SSSR count). The van der Waals surface area contributed by atoms with Crippen LogP contribution in [-0.2, 0) is 48.8 Å². The van der Waals surface area contributed by atoms with Crippen LogP contribution in [0.2, 0.25) is 0 Å². The summed E-state index contributed by atoms with van der Waals surface area (Å²) in [5.41, 5.74) is 7.79. The van der Waals surface area contributed by atoms with E-state index >= 15 is 0 Å². The molecule has 0 saturated carbocycles. The summed E-state index contributed by atoms with van der Waals surface area (Å²) in [5.74, 6) is 0. The average Bonchev–Trinajstić information content (AvgIpc) is 3.08. The third-order valence-corrected chi connectivity index (χ3v) is 9.87. The maximum atomic E-state index is 6.52. The van der Waals surface area contributed by atoms with E-state index in [9.17, 15) is 0 Å². The van der Waals surface area contributed by atoms with Crippen LogP contribution in [0.15, 0.2) is 97.1 Å². The van der Waals surface area contributed by atoms with Crippen molar-refractivity contribution in [3.05, 3.63) is 119 Å². The van der Waals surface area contributed by atoms with Gasteiger partial charge >= 0.3 is 35.4 Å². The quantitative estimate of drug-likeness (QED) is 0.190. The molecular weight excluding hydrogens is 806 g/mol. The molecule has 4 aromatic rings. The van der Waals surface area contributed by atoms with Crippen molar-refractivity contribution in [1.29, 1.82) is 0 Å². The summed E-state index contributed by atoms with van der Waals surface area (Å²) in [7, 11) is -3.32. The third kappa shape index (κ3) is 7.48. The van der Waals surface area contributed by atoms with E-state index in [1.807, 2.05) is 97.1 Å². The minimum Gasteiger partial charge on any atom is -0.561 e. The molecule has 0 radical (unpaired) electrons. The zero-order valence-electron chi connectivity index (χ0n) is 22.9. The normalized spacial score (nSPS) is 16.7. The molecule has 0 bridgehead atoms. The van der Waals surface area contributed by atoms with E-state index < -0.39 is 35.4 Å². The van der Waals surface area contributed by atoms with Gasteiger partial charge in [-0.15, -0.1) is 0 Å². The second kappa shape index (κ2) is 14.5. The standard InChI is InChI=1S/C28H24B5Br4O6/c34-17-21-1-9-25(10-2-21)29-38-30(26-11-3-22(18-35)4-12-26)41-33(40-29)42-31(27-13-5-23(19-36)6-14-27)39-32(43-33)28-15-7-24(20-37)8-16-28/h1-16H,17-20H2/q-1. The van der Waals surface area contributed by atoms with E-state index in [2.05, 4.69) is 63.7 Å². The minimum absolute atomic E-state index is 0.744. The molecule has 0 N–H and O–H groups in total. The fraction of sp³-hybridized carbons (Fsp3) is 0.143. The first kappa shape index (κ1) is 31.9. The van der Waals surface area contributed by atoms with Gasteiger partial charge in [0, 0.05) is 21.3 Å². The van der Waals surface area contributed by atoms with Gasteiger partial charge in [-0.2, -0.15) is 0 Å². The molecule has 0 aliphatic carbocycles. The Morgan fingerprint density at radius 3 is 0.767 bits per heavy atom. The molecule has 0 atom stereocenters. The Hall–Kier alpha value is -1.12. The van der Waals surface area contributed by atoms with Crippen LogP contribution in [0.5, 0.6) is 0 Å². The monoisotopic (exact) mass is 827 g/mol. The summed E-state index contributed by atoms with van der Waals surface area (Å²) in [6, 6.07) is 32.1. The van der Waals surface area contributed by atoms with Crippen LogP contribution in [0, 0.1) is 0 Å². The van der Waals surface area contributed by atoms with E-state index in [0.29, 0.717) is 0 Å². The van der Waals surface area contributed by atoms with Crippen molar-refractivity contribution in [3.8, 4) is 0 Å². The van der Waals surface area contributed by atoms with Crippen molar-refractivity contribution in [3.63, 3.8) is 0 Å². The maximum Gasteiger partial charge on any atom is 0.481 e. The van der Waals surface area contributed by atoms with Gasteiger partial charge in [-0.25, -0.2) is 0 Å². The first-order valence-electron chi connectivity index (χ1n) is 13.8. The second-order valence-electron chi connectivity index (χ2n) is 10.2. The van der Waals surface area contributed by atoms with Crippen LogP contribution >= 0.6 is 63.7 Å². The Morgan fingerprint density at radius 2 is 0.581 bits per heavy atom. The van der Waals surface area contributed by atoms with Gasteiger partial charge in [0.15, 0.2) is 0 Å². The molecule has 4 aromatic carbocycles. The molecule has 2 aliphatic rings. The number of hydrogen-bond acceptors (Lipinski definition) is 6. The average molecular weight is 830 g/mol. The molecule has 216 valence electrons. The second-order valence-corrected chi connectivity index (χ2v) is 12.5. The Balaban J connectivity index is 1.40. The largest absolute Gasteiger partial charge is 0.561 e. The third-order valence-electron chi connectivity index (χ3n) is 7.28. The Labute approximate surface area is 287 Å². The molecule has 0 unspecified atom stereocenters. The molecule has 15 heteroatoms. The SMILES string of the molecule is BrCc1ccc(B2OB(c3ccc(CBr)cc3)O[B-]3(O2)OB(c2ccc(CBr)cc2)OB(c2ccc(CBr)cc2)O3)cc1. The van der Waals surface area contributed by atoms with E-state index in [-0.39, 0.29) is 0 Å². The van der Waals surface area contributed by atoms with Crippen molar-refractivity contribution < 1.29 is 27.4 Å². The van der Waals surface area contributed by atoms with Crippen molar-refractivity contribution in [2.45, 2.75) is 21.3 Å². The zero-order chi connectivity index (χ0) is 29.8. The Morgan fingerprint density at radius 1 is 0.372 bits per heavy atom. The molecule has 43 heavy (non-hydrogen) atoms. The molecule has 1 spiro atoms. The van der Waals surface area contributed by atoms with E-state index in [1.165, 1.54) is 0 Å². The summed E-state index contributed by atoms with van der Waals surface area (Å²) in [6.07, 6.45) is 0. The lowest BCUT2D eigenvalue weighted by Crippen LogP contribution is -2.74. The van der Waals surface area contributed by atoms with E-state index in [4.69, 9.17) is 27.4 Å². The van der Waals surface area contributed by atoms with Crippen molar-refractivity contribution in [1.82, 2.24) is 0 Å². The molecule has 6 nitrogen and oxygen atoms in total. The highest BCUT2D eigenvalue weighted by atomic mass is 79.9. The first-order valence-corrected chi connectivity index (χ1v) is 18.2. The Kier molecular flexibility index (Phi) is 10.8. The smallest absolute Gasteiger partial charge is 0.481 e. The van der Waals surface area contributed by atoms with Gasteiger partial charge in [0.2, 0.25) is 0 Å². The molecule has 2 aliphatic heterocycles. The van der Waals surface area contributed by atoms with Crippen LogP contribution in [0.25, 0.3) is 0 Å². The van der Waals surface area contributed by atoms with Crippen molar-refractivity contribution in [2.75, 3.05) is 0 Å². The highest BCUT2D eigenvalue weighted by molar-refractivity contribution is 9.09. The number of halogens is 4. The van der Waals surface area contributed by atoms with Gasteiger partial charge < -0.3 is 27.4 Å². The van der Waals surface area contributed by atoms with Gasteiger partial charge in [0.1, 0.15) is 0 Å². The van der Waals surface area contributed by atoms with Gasteiger partial charge in [-0.05, 0) is 44.1 Å². The van der Waals surface area contributed by atoms with Crippen molar-refractivity contribution >= 4 is 121 Å². The number of hydrogen-bond donors (Lipinski definition) is 0. The lowest BCUT2D eigenvalue weighted by molar-refractivity contribution is 0.0871. The van der Waals surface area contributed by atoms with Gasteiger partial charge in [-0.3, -0.25) is 0 Å². The fourth-order valence-corrected chi connectivity index (χ4v) is 6.33. The maximum absolute atomic E-state index is 6.52. The van der Waals surface area contributed by atoms with E-state index in [1.54, 1.807) is 0 Å². The number of benzene rings is 4. The molecule has 2 fully saturated rings. The minimum atomic E-state index is -2.84. The van der Waals surface area contributed by atoms with Crippen LogP contribution in [-0.4, -0.2) is 35.4 Å². The predicted octanol–water partition coefficient (Wildman–Crippen LogP) is 4.71. The van der Waals surface area contributed by atoms with Crippen LogP contribution in [0.4, 0.5) is 0 Å². The fourth-order valence-electron chi connectivity index (χ4n) is 4.83. The molecular formula is C28H24B5Br4O6-. The Bertz CT molecular complexity index is 1270. The summed E-state index contributed by atoms with van der Waals surface area (Å²) >= 11 is 14.1. The van der Waals surface area contributed by atoms with E-state index in [0.717, 1.165) is 65.4 Å². The van der Waals surface area contributed by atoms with Gasteiger partial charge in [0.25, 0.3) is 0 Å². The zero-order valence-corrected chi connectivity index (χ0v) is 29.3. The highest BCUT2D eigenvalue weighted by Gasteiger charge is 2.54. The van der Waals surface area contributed by atoms with Crippen LogP contribution < -0.4 is 21.9 Å². The van der Waals surface area contributed by atoms with Crippen molar-refractivity contribution in [2.24, 2.45) is 0 Å². The number of alkyl halides is 4. The molecule has 2 saturated heterocycles. The van der Waals surface area contributed by atoms with Crippen LogP contribution in [0.1, 0.15) is 22.3 Å². The predicted molar refractivity (Wildman–Crippen MR) is 190 cm³/mol. The summed E-state index contributed by atoms with van der Waals surface area (Å²) in [4.78, 5) is 0. The lowest BCUT2D eigenvalue weighted by Gasteiger charge is -2.54. The molecule has 0 aromatic heterocycles. The number of rotatable bonds is 8. The molecule has 2 heterocycles. The lowest BCUT2D eigenvalue weighted by atomic mass is 9.60. The van der Waals surface area contributed by atoms with Crippen LogP contribution in [0.3, 0.4) is 0 Å². The van der Waals surface area contributed by atoms with Gasteiger partial charge in [-0.1, -0.05) is 161 Å². The topological polar surface area (TPSA) is 55.4 Å². The summed E-state index contributed by atoms with van der Waals surface area (Å²) < 4.78 is 38.9. The van der Waals surface area contributed by atoms with Gasteiger partial charge in [0.05, 0.1) is 0 Å². The molecule has 0 amide bonds. The highest BCUT2D eigenvalue weighted by Crippen LogP contribution is 2.27.